The smallest absolute Gasteiger partial charge is 0.256 e. The number of ether oxygens (including phenoxy) is 1. The summed E-state index contributed by atoms with van der Waals surface area (Å²) in [5, 5.41) is 0.541. The predicted octanol–water partition coefficient (Wildman–Crippen LogP) is 3.92. The molecule has 0 unspecified atom stereocenters. The molecule has 0 saturated carbocycles. The number of likely N-dealkylation sites (tertiary alicyclic amines) is 1. The zero-order chi connectivity index (χ0) is 16.8. The Bertz CT molecular complexity index is 643. The van der Waals surface area contributed by atoms with Gasteiger partial charge in [0.25, 0.3) is 5.22 Å². The Morgan fingerprint density at radius 2 is 2.17 bits per heavy atom. The number of hydrogen-bond donors (Lipinski definition) is 0. The standard InChI is InChI=1S/C18H22N2O3S/c1-22-15-8-6-14(7-9-15)16-5-3-2-4-11-20(16)17(21)13-24-18-19-10-12-23-18/h6-10,12,16H,2-5,11,13H2,1H3/t16-/m0/s1. The van der Waals surface area contributed by atoms with E-state index in [0.29, 0.717) is 11.0 Å². The molecule has 1 amide bonds. The summed E-state index contributed by atoms with van der Waals surface area (Å²) in [5.41, 5.74) is 1.17. The van der Waals surface area contributed by atoms with Crippen LogP contribution in [-0.2, 0) is 4.79 Å². The lowest BCUT2D eigenvalue weighted by molar-refractivity contribution is -0.130. The van der Waals surface area contributed by atoms with E-state index in [1.54, 1.807) is 13.3 Å². The van der Waals surface area contributed by atoms with Crippen molar-refractivity contribution in [2.45, 2.75) is 36.9 Å². The number of hydrogen-bond acceptors (Lipinski definition) is 5. The number of methoxy groups -OCH3 is 1. The highest BCUT2D eigenvalue weighted by Gasteiger charge is 2.27. The molecule has 3 rings (SSSR count). The van der Waals surface area contributed by atoms with E-state index in [2.05, 4.69) is 17.1 Å². The summed E-state index contributed by atoms with van der Waals surface area (Å²) in [6.07, 6.45) is 7.50. The molecular formula is C18H22N2O3S. The summed E-state index contributed by atoms with van der Waals surface area (Å²) in [4.78, 5) is 18.8. The summed E-state index contributed by atoms with van der Waals surface area (Å²) in [6.45, 7) is 0.807. The third kappa shape index (κ3) is 4.12. The minimum Gasteiger partial charge on any atom is -0.497 e. The number of rotatable bonds is 5. The Hall–Kier alpha value is -1.95. The summed E-state index contributed by atoms with van der Waals surface area (Å²) >= 11 is 1.35. The minimum absolute atomic E-state index is 0.135. The van der Waals surface area contributed by atoms with E-state index >= 15 is 0 Å². The number of carbonyl (C=O) groups is 1. The topological polar surface area (TPSA) is 55.6 Å². The Labute approximate surface area is 146 Å². The Kier molecular flexibility index (Phi) is 5.80. The van der Waals surface area contributed by atoms with Crippen LogP contribution in [0.2, 0.25) is 0 Å². The van der Waals surface area contributed by atoms with Gasteiger partial charge in [-0.05, 0) is 30.5 Å². The largest absolute Gasteiger partial charge is 0.497 e. The number of benzene rings is 1. The van der Waals surface area contributed by atoms with Crippen LogP contribution in [0.3, 0.4) is 0 Å². The van der Waals surface area contributed by atoms with E-state index in [1.807, 2.05) is 17.0 Å². The molecule has 0 aliphatic carbocycles. The zero-order valence-electron chi connectivity index (χ0n) is 13.8. The van der Waals surface area contributed by atoms with E-state index < -0.39 is 0 Å². The lowest BCUT2D eigenvalue weighted by atomic mass is 10.0. The maximum atomic E-state index is 12.8. The molecule has 1 aliphatic heterocycles. The average molecular weight is 346 g/mol. The van der Waals surface area contributed by atoms with Gasteiger partial charge >= 0.3 is 0 Å². The van der Waals surface area contributed by atoms with Crippen LogP contribution in [0.25, 0.3) is 0 Å². The van der Waals surface area contributed by atoms with Crippen LogP contribution < -0.4 is 4.74 Å². The van der Waals surface area contributed by atoms with Crippen molar-refractivity contribution in [1.82, 2.24) is 9.88 Å². The van der Waals surface area contributed by atoms with E-state index in [0.717, 1.165) is 31.6 Å². The fourth-order valence-electron chi connectivity index (χ4n) is 3.07. The van der Waals surface area contributed by atoms with E-state index in [1.165, 1.54) is 30.0 Å². The molecule has 24 heavy (non-hydrogen) atoms. The summed E-state index contributed by atoms with van der Waals surface area (Å²) in [5.74, 6) is 1.33. The first kappa shape index (κ1) is 16.9. The summed E-state index contributed by atoms with van der Waals surface area (Å²) < 4.78 is 10.4. The Balaban J connectivity index is 1.72. The number of thioether (sulfide) groups is 1. The molecule has 128 valence electrons. The van der Waals surface area contributed by atoms with Gasteiger partial charge in [0.1, 0.15) is 12.0 Å². The molecule has 0 bridgehead atoms. The molecule has 1 saturated heterocycles. The average Bonchev–Trinajstić information content (AvgIpc) is 3.02. The number of amides is 1. The molecule has 1 aromatic carbocycles. The minimum atomic E-state index is 0.135. The Morgan fingerprint density at radius 3 is 2.88 bits per heavy atom. The Morgan fingerprint density at radius 1 is 1.33 bits per heavy atom. The highest BCUT2D eigenvalue weighted by atomic mass is 32.2. The number of oxazole rings is 1. The van der Waals surface area contributed by atoms with Gasteiger partial charge in [0.15, 0.2) is 0 Å². The maximum Gasteiger partial charge on any atom is 0.256 e. The van der Waals surface area contributed by atoms with Crippen molar-refractivity contribution < 1.29 is 13.9 Å². The fourth-order valence-corrected chi connectivity index (χ4v) is 3.74. The van der Waals surface area contributed by atoms with Crippen molar-refractivity contribution >= 4 is 17.7 Å². The SMILES string of the molecule is COc1ccc([C@@H]2CCCCCN2C(=O)CSc2ncco2)cc1. The third-order valence-corrected chi connectivity index (χ3v) is 5.14. The second-order valence-corrected chi connectivity index (χ2v) is 6.74. The molecule has 0 radical (unpaired) electrons. The van der Waals surface area contributed by atoms with Gasteiger partial charge in [0.2, 0.25) is 5.91 Å². The molecule has 1 aromatic heterocycles. The summed E-state index contributed by atoms with van der Waals surface area (Å²) in [6, 6.07) is 8.19. The van der Waals surface area contributed by atoms with Crippen LogP contribution in [0.1, 0.15) is 37.3 Å². The van der Waals surface area contributed by atoms with Gasteiger partial charge in [0, 0.05) is 6.54 Å². The van der Waals surface area contributed by atoms with Gasteiger partial charge in [0.05, 0.1) is 25.1 Å². The lowest BCUT2D eigenvalue weighted by Gasteiger charge is -2.30. The molecule has 5 nitrogen and oxygen atoms in total. The van der Waals surface area contributed by atoms with Crippen LogP contribution in [0.5, 0.6) is 5.75 Å². The quantitative estimate of drug-likeness (QED) is 0.768. The number of aromatic nitrogens is 1. The van der Waals surface area contributed by atoms with Crippen LogP contribution in [0, 0.1) is 0 Å². The second-order valence-electron chi connectivity index (χ2n) is 5.81. The highest BCUT2D eigenvalue weighted by molar-refractivity contribution is 7.99. The zero-order valence-corrected chi connectivity index (χ0v) is 14.6. The van der Waals surface area contributed by atoms with Crippen molar-refractivity contribution in [1.29, 1.82) is 0 Å². The molecule has 2 aromatic rings. The molecule has 1 atom stereocenters. The van der Waals surface area contributed by atoms with Gasteiger partial charge in [-0.15, -0.1) is 0 Å². The first-order valence-electron chi connectivity index (χ1n) is 8.23. The van der Waals surface area contributed by atoms with Crippen LogP contribution >= 0.6 is 11.8 Å². The number of carbonyl (C=O) groups excluding carboxylic acids is 1. The van der Waals surface area contributed by atoms with Gasteiger partial charge in [-0.25, -0.2) is 4.98 Å². The normalized spacial score (nSPS) is 18.2. The molecule has 6 heteroatoms. The first-order valence-corrected chi connectivity index (χ1v) is 9.22. The molecule has 1 aliphatic rings. The van der Waals surface area contributed by atoms with Gasteiger partial charge in [-0.3, -0.25) is 4.79 Å². The van der Waals surface area contributed by atoms with Gasteiger partial charge in [-0.2, -0.15) is 0 Å². The molecule has 1 fully saturated rings. The van der Waals surface area contributed by atoms with Crippen molar-refractivity contribution in [2.24, 2.45) is 0 Å². The summed E-state index contributed by atoms with van der Waals surface area (Å²) in [7, 11) is 1.66. The van der Waals surface area contributed by atoms with Gasteiger partial charge in [-0.1, -0.05) is 36.7 Å². The first-order chi connectivity index (χ1) is 11.8. The molecule has 0 N–H and O–H groups in total. The van der Waals surface area contributed by atoms with Crippen LogP contribution in [0.4, 0.5) is 0 Å². The van der Waals surface area contributed by atoms with Crippen molar-refractivity contribution in [3.05, 3.63) is 42.3 Å². The molecular weight excluding hydrogens is 324 g/mol. The third-order valence-electron chi connectivity index (χ3n) is 4.30. The number of nitrogens with zero attached hydrogens (tertiary/aromatic N) is 2. The molecule has 2 heterocycles. The van der Waals surface area contributed by atoms with Crippen molar-refractivity contribution in [2.75, 3.05) is 19.4 Å². The maximum absolute atomic E-state index is 12.8. The van der Waals surface area contributed by atoms with E-state index in [9.17, 15) is 4.79 Å². The van der Waals surface area contributed by atoms with Crippen LogP contribution in [-0.4, -0.2) is 35.2 Å². The van der Waals surface area contributed by atoms with Gasteiger partial charge < -0.3 is 14.1 Å². The second kappa shape index (κ2) is 8.24. The van der Waals surface area contributed by atoms with E-state index in [-0.39, 0.29) is 11.9 Å². The van der Waals surface area contributed by atoms with Crippen molar-refractivity contribution in [3.63, 3.8) is 0 Å². The lowest BCUT2D eigenvalue weighted by Crippen LogP contribution is -2.36. The van der Waals surface area contributed by atoms with E-state index in [4.69, 9.17) is 9.15 Å². The monoisotopic (exact) mass is 346 g/mol. The molecule has 0 spiro atoms. The fraction of sp³-hybridized carbons (Fsp3) is 0.444. The predicted molar refractivity (Wildman–Crippen MR) is 93.1 cm³/mol. The van der Waals surface area contributed by atoms with Crippen LogP contribution in [0.15, 0.2) is 46.4 Å². The van der Waals surface area contributed by atoms with Crippen molar-refractivity contribution in [3.8, 4) is 5.75 Å². The highest BCUT2D eigenvalue weighted by Crippen LogP contribution is 2.32.